The van der Waals surface area contributed by atoms with E-state index in [4.69, 9.17) is 5.11 Å². The number of aromatic carboxylic acids is 1. The molecule has 1 heterocycles. The van der Waals surface area contributed by atoms with Gasteiger partial charge in [-0.3, -0.25) is 14.6 Å². The van der Waals surface area contributed by atoms with Crippen LogP contribution in [0, 0.1) is 0 Å². The number of rotatable bonds is 7. The van der Waals surface area contributed by atoms with Crippen molar-refractivity contribution in [3.8, 4) is 11.3 Å². The molecule has 0 saturated carbocycles. The number of carbonyl (C=O) groups is 2. The first-order valence-corrected chi connectivity index (χ1v) is 11.2. The zero-order valence-electron chi connectivity index (χ0n) is 17.0. The molecule has 33 heavy (non-hydrogen) atoms. The Morgan fingerprint density at radius 3 is 2.33 bits per heavy atom. The molecule has 9 nitrogen and oxygen atoms in total. The van der Waals surface area contributed by atoms with Gasteiger partial charge in [0.25, 0.3) is 15.9 Å². The topological polar surface area (TPSA) is 141 Å². The zero-order chi connectivity index (χ0) is 23.4. The van der Waals surface area contributed by atoms with Crippen LogP contribution >= 0.6 is 0 Å². The molecule has 4 aromatic rings. The third kappa shape index (κ3) is 5.08. The number of nitrogens with one attached hydrogen (secondary N) is 3. The quantitative estimate of drug-likeness (QED) is 0.329. The number of aromatic amines is 1. The van der Waals surface area contributed by atoms with Gasteiger partial charge in [0.05, 0.1) is 16.2 Å². The number of aromatic nitrogens is 2. The minimum atomic E-state index is -3.74. The van der Waals surface area contributed by atoms with Crippen LogP contribution in [0.3, 0.4) is 0 Å². The maximum absolute atomic E-state index is 12.6. The van der Waals surface area contributed by atoms with Gasteiger partial charge in [0.15, 0.2) is 5.82 Å². The minimum Gasteiger partial charge on any atom is -0.478 e. The average molecular weight is 462 g/mol. The summed E-state index contributed by atoms with van der Waals surface area (Å²) in [4.78, 5) is 23.7. The van der Waals surface area contributed by atoms with Crippen LogP contribution in [-0.2, 0) is 10.0 Å². The average Bonchev–Trinajstić information content (AvgIpc) is 3.28. The lowest BCUT2D eigenvalue weighted by molar-refractivity contribution is 0.0697. The second-order valence-electron chi connectivity index (χ2n) is 7.01. The third-order valence-electron chi connectivity index (χ3n) is 4.67. The largest absolute Gasteiger partial charge is 0.478 e. The number of H-pyrrole nitrogens is 1. The van der Waals surface area contributed by atoms with Crippen LogP contribution in [0.1, 0.15) is 20.7 Å². The molecule has 0 atom stereocenters. The van der Waals surface area contributed by atoms with E-state index in [9.17, 15) is 18.0 Å². The molecule has 0 spiro atoms. The molecule has 0 fully saturated rings. The van der Waals surface area contributed by atoms with Crippen LogP contribution in [0.15, 0.2) is 89.8 Å². The maximum atomic E-state index is 12.6. The summed E-state index contributed by atoms with van der Waals surface area (Å²) in [7, 11) is -3.74. The first kappa shape index (κ1) is 21.8. The predicted octanol–water partition coefficient (Wildman–Crippen LogP) is 3.83. The molecule has 0 saturated heterocycles. The Morgan fingerprint density at radius 2 is 1.58 bits per heavy atom. The highest BCUT2D eigenvalue weighted by Crippen LogP contribution is 2.25. The van der Waals surface area contributed by atoms with Crippen molar-refractivity contribution in [1.82, 2.24) is 10.2 Å². The van der Waals surface area contributed by atoms with Crippen molar-refractivity contribution < 1.29 is 23.1 Å². The molecule has 166 valence electrons. The summed E-state index contributed by atoms with van der Waals surface area (Å²) in [6, 6.07) is 22.0. The Morgan fingerprint density at radius 1 is 0.848 bits per heavy atom. The summed E-state index contributed by atoms with van der Waals surface area (Å²) < 4.78 is 27.7. The second-order valence-corrected chi connectivity index (χ2v) is 8.69. The van der Waals surface area contributed by atoms with Crippen molar-refractivity contribution in [2.75, 3.05) is 10.0 Å². The normalized spacial score (nSPS) is 11.0. The van der Waals surface area contributed by atoms with Crippen LogP contribution in [0.5, 0.6) is 0 Å². The van der Waals surface area contributed by atoms with Gasteiger partial charge in [0.1, 0.15) is 0 Å². The molecule has 1 aromatic heterocycles. The monoisotopic (exact) mass is 462 g/mol. The van der Waals surface area contributed by atoms with Gasteiger partial charge in [0.2, 0.25) is 0 Å². The van der Waals surface area contributed by atoms with Crippen LogP contribution < -0.4 is 10.0 Å². The molecule has 0 unspecified atom stereocenters. The number of hydrogen-bond acceptors (Lipinski definition) is 5. The van der Waals surface area contributed by atoms with Crippen LogP contribution in [0.4, 0.5) is 11.5 Å². The predicted molar refractivity (Wildman–Crippen MR) is 123 cm³/mol. The number of carbonyl (C=O) groups excluding carboxylic acids is 1. The summed E-state index contributed by atoms with van der Waals surface area (Å²) in [5, 5.41) is 18.5. The molecule has 4 rings (SSSR count). The number of amides is 1. The van der Waals surface area contributed by atoms with Crippen molar-refractivity contribution in [2.45, 2.75) is 4.90 Å². The van der Waals surface area contributed by atoms with Gasteiger partial charge < -0.3 is 10.4 Å². The van der Waals surface area contributed by atoms with Gasteiger partial charge in [-0.15, -0.1) is 0 Å². The highest BCUT2D eigenvalue weighted by molar-refractivity contribution is 7.92. The summed E-state index contributed by atoms with van der Waals surface area (Å²) >= 11 is 0. The Labute approximate surface area is 189 Å². The van der Waals surface area contributed by atoms with Crippen LogP contribution in [-0.4, -0.2) is 35.6 Å². The number of nitrogens with zero attached hydrogens (tertiary/aromatic N) is 1. The number of anilines is 2. The molecule has 0 aliphatic carbocycles. The second kappa shape index (κ2) is 8.97. The lowest BCUT2D eigenvalue weighted by Crippen LogP contribution is -2.13. The summed E-state index contributed by atoms with van der Waals surface area (Å²) in [6.45, 7) is 0. The SMILES string of the molecule is O=C(O)c1cccc(C(=O)Nc2cc(-c3cccc(NS(=O)(=O)c4ccccc4)c3)[nH]n2)c1. The third-order valence-corrected chi connectivity index (χ3v) is 6.07. The Hall–Kier alpha value is -4.44. The lowest BCUT2D eigenvalue weighted by atomic mass is 10.1. The zero-order valence-corrected chi connectivity index (χ0v) is 17.8. The number of carboxylic acid groups (broad SMARTS) is 1. The Bertz CT molecular complexity index is 1430. The summed E-state index contributed by atoms with van der Waals surface area (Å²) in [6.07, 6.45) is 0. The lowest BCUT2D eigenvalue weighted by Gasteiger charge is -2.09. The van der Waals surface area contributed by atoms with E-state index in [1.165, 1.54) is 36.4 Å². The Balaban J connectivity index is 1.50. The van der Waals surface area contributed by atoms with E-state index >= 15 is 0 Å². The smallest absolute Gasteiger partial charge is 0.335 e. The van der Waals surface area contributed by atoms with Crippen molar-refractivity contribution in [1.29, 1.82) is 0 Å². The Kier molecular flexibility index (Phi) is 5.92. The molecule has 1 amide bonds. The van der Waals surface area contributed by atoms with Gasteiger partial charge in [-0.2, -0.15) is 5.10 Å². The van der Waals surface area contributed by atoms with E-state index < -0.39 is 21.9 Å². The van der Waals surface area contributed by atoms with Crippen LogP contribution in [0.2, 0.25) is 0 Å². The number of carboxylic acids is 1. The fourth-order valence-corrected chi connectivity index (χ4v) is 4.15. The number of benzene rings is 3. The minimum absolute atomic E-state index is 0.000127. The maximum Gasteiger partial charge on any atom is 0.335 e. The molecule has 0 aliphatic rings. The molecular weight excluding hydrogens is 444 g/mol. The molecule has 0 bridgehead atoms. The van der Waals surface area contributed by atoms with Crippen molar-refractivity contribution in [3.05, 3.63) is 96.1 Å². The number of hydrogen-bond donors (Lipinski definition) is 4. The molecule has 10 heteroatoms. The molecule has 3 aromatic carbocycles. The van der Waals surface area contributed by atoms with Gasteiger partial charge >= 0.3 is 5.97 Å². The summed E-state index contributed by atoms with van der Waals surface area (Å²) in [5.41, 5.74) is 1.73. The van der Waals surface area contributed by atoms with E-state index in [1.54, 1.807) is 48.5 Å². The van der Waals surface area contributed by atoms with Crippen LogP contribution in [0.25, 0.3) is 11.3 Å². The molecule has 0 radical (unpaired) electrons. The fourth-order valence-electron chi connectivity index (χ4n) is 3.08. The molecule has 0 aliphatic heterocycles. The first-order valence-electron chi connectivity index (χ1n) is 9.70. The van der Waals surface area contributed by atoms with E-state index in [0.717, 1.165) is 0 Å². The van der Waals surface area contributed by atoms with E-state index in [0.29, 0.717) is 16.9 Å². The van der Waals surface area contributed by atoms with Crippen molar-refractivity contribution >= 4 is 33.4 Å². The molecular formula is C23H18N4O5S. The first-order chi connectivity index (χ1) is 15.8. The van der Waals surface area contributed by atoms with E-state index in [2.05, 4.69) is 20.2 Å². The van der Waals surface area contributed by atoms with Gasteiger partial charge in [-0.05, 0) is 42.5 Å². The van der Waals surface area contributed by atoms with Gasteiger partial charge in [-0.25, -0.2) is 13.2 Å². The van der Waals surface area contributed by atoms with Crippen molar-refractivity contribution in [2.24, 2.45) is 0 Å². The van der Waals surface area contributed by atoms with E-state index in [1.807, 2.05) is 0 Å². The van der Waals surface area contributed by atoms with Crippen molar-refractivity contribution in [3.63, 3.8) is 0 Å². The fraction of sp³-hybridized carbons (Fsp3) is 0. The van der Waals surface area contributed by atoms with Gasteiger partial charge in [-0.1, -0.05) is 36.4 Å². The standard InChI is InChI=1S/C23H18N4O5S/c28-22(16-7-4-8-17(12-16)23(29)30)24-21-14-20(25-26-21)15-6-5-9-18(13-15)27-33(31,32)19-10-2-1-3-11-19/h1-14,27H,(H,29,30)(H2,24,25,26,28). The number of sulfonamides is 1. The van der Waals surface area contributed by atoms with Gasteiger partial charge in [0, 0.05) is 22.9 Å². The summed E-state index contributed by atoms with van der Waals surface area (Å²) in [5.74, 6) is -1.42. The molecule has 4 N–H and O–H groups in total. The van der Waals surface area contributed by atoms with E-state index in [-0.39, 0.29) is 21.8 Å². The highest BCUT2D eigenvalue weighted by atomic mass is 32.2. The highest BCUT2D eigenvalue weighted by Gasteiger charge is 2.15.